The Hall–Kier alpha value is -3.93. The fourth-order valence-corrected chi connectivity index (χ4v) is 7.40. The van der Waals surface area contributed by atoms with Crippen LogP contribution in [0.15, 0.2) is 43.0 Å². The molecule has 1 saturated heterocycles. The van der Waals surface area contributed by atoms with Crippen LogP contribution in [-0.2, 0) is 6.42 Å². The molecule has 1 atom stereocenters. The lowest BCUT2D eigenvalue weighted by molar-refractivity contribution is -0.120. The van der Waals surface area contributed by atoms with Crippen molar-refractivity contribution in [1.82, 2.24) is 25.2 Å². The molecular weight excluding hydrogens is 585 g/mol. The van der Waals surface area contributed by atoms with Gasteiger partial charge in [-0.3, -0.25) is 9.78 Å². The number of fused-ring (bicyclic) bond motifs is 1. The molecule has 2 aliphatic heterocycles. The van der Waals surface area contributed by atoms with E-state index in [0.29, 0.717) is 11.6 Å². The van der Waals surface area contributed by atoms with Gasteiger partial charge in [-0.05, 0) is 57.9 Å². The molecule has 1 unspecified atom stereocenters. The third-order valence-electron chi connectivity index (χ3n) is 9.55. The number of carbonyl (C=O) groups is 1. The van der Waals surface area contributed by atoms with Gasteiger partial charge in [0.05, 0.1) is 17.5 Å². The fourth-order valence-electron chi connectivity index (χ4n) is 7.40. The summed E-state index contributed by atoms with van der Waals surface area (Å²) in [5.74, 6) is -2.04. The largest absolute Gasteiger partial charge is 0.490 e. The van der Waals surface area contributed by atoms with E-state index in [1.54, 1.807) is 13.8 Å². The highest BCUT2D eigenvalue weighted by molar-refractivity contribution is 5.97. The quantitative estimate of drug-likeness (QED) is 0.342. The van der Waals surface area contributed by atoms with Crippen molar-refractivity contribution < 1.29 is 27.4 Å². The van der Waals surface area contributed by atoms with E-state index in [4.69, 9.17) is 9.47 Å². The van der Waals surface area contributed by atoms with Crippen LogP contribution in [0.3, 0.4) is 0 Å². The molecule has 7 rings (SSSR count). The molecule has 238 valence electrons. The number of rotatable bonds is 8. The maximum Gasteiger partial charge on any atom is 0.258 e. The topological polar surface area (TPSA) is 92.7 Å². The lowest BCUT2D eigenvalue weighted by Gasteiger charge is -2.59. The number of hydrogen-bond acceptors (Lipinski definition) is 8. The summed E-state index contributed by atoms with van der Waals surface area (Å²) in [6, 6.07) is 4.86. The molecule has 3 fully saturated rings. The first kappa shape index (κ1) is 29.8. The van der Waals surface area contributed by atoms with Crippen LogP contribution in [0.5, 0.6) is 17.2 Å². The number of hydrogen-bond donors (Lipinski definition) is 1. The van der Waals surface area contributed by atoms with E-state index in [1.807, 2.05) is 12.3 Å². The first-order chi connectivity index (χ1) is 21.5. The number of aromatic nitrogens is 3. The van der Waals surface area contributed by atoms with Gasteiger partial charge in [0.2, 0.25) is 0 Å². The molecule has 1 amide bonds. The van der Waals surface area contributed by atoms with Crippen molar-refractivity contribution in [3.05, 3.63) is 65.6 Å². The Morgan fingerprint density at radius 3 is 2.60 bits per heavy atom. The van der Waals surface area contributed by atoms with Gasteiger partial charge < -0.3 is 24.6 Å². The number of carbonyl (C=O) groups excluding carboxylic acids is 1. The molecule has 0 bridgehead atoms. The van der Waals surface area contributed by atoms with Crippen LogP contribution in [0.4, 0.5) is 19.0 Å². The molecular formula is C33H37F3N6O3. The monoisotopic (exact) mass is 622 g/mol. The zero-order chi connectivity index (χ0) is 31.5. The Kier molecular flexibility index (Phi) is 7.37. The summed E-state index contributed by atoms with van der Waals surface area (Å²) in [6.45, 7) is 8.10. The van der Waals surface area contributed by atoms with Gasteiger partial charge >= 0.3 is 0 Å². The number of nitrogens with one attached hydrogen (secondary N) is 1. The average Bonchev–Trinajstić information content (AvgIpc) is 2.94. The van der Waals surface area contributed by atoms with Gasteiger partial charge in [-0.1, -0.05) is 0 Å². The van der Waals surface area contributed by atoms with Gasteiger partial charge in [-0.2, -0.15) is 0 Å². The molecule has 4 heterocycles. The average molecular weight is 623 g/mol. The van der Waals surface area contributed by atoms with Crippen LogP contribution in [0.25, 0.3) is 0 Å². The van der Waals surface area contributed by atoms with Crippen LogP contribution in [0.1, 0.15) is 74.1 Å². The first-order valence-corrected chi connectivity index (χ1v) is 15.6. The molecule has 1 aromatic carbocycles. The zero-order valence-electron chi connectivity index (χ0n) is 25.6. The van der Waals surface area contributed by atoms with Gasteiger partial charge in [-0.25, -0.2) is 23.1 Å². The number of benzene rings is 1. The minimum Gasteiger partial charge on any atom is -0.490 e. The van der Waals surface area contributed by atoms with Gasteiger partial charge in [0.25, 0.3) is 11.8 Å². The van der Waals surface area contributed by atoms with E-state index in [0.717, 1.165) is 62.0 Å². The van der Waals surface area contributed by atoms with Crippen molar-refractivity contribution in [3.8, 4) is 17.2 Å². The standard InChI is InChI=1S/C33H37F3N6O3/c1-19(2)42(22-11-33(35,36)12-22)31(43)24-10-21(34)4-5-26(24)45-28-15-37-18-40-30(28)41-16-32(17-41)13-23(14-32)44-27-7-9-39-25-6-8-38-20(3)29(25)27/h4-5,7,9-10,15,18-20,22-23,38H,6,8,11-14,16-17H2,1-3H3. The third-order valence-corrected chi connectivity index (χ3v) is 9.55. The molecule has 12 heteroatoms. The van der Waals surface area contributed by atoms with E-state index < -0.39 is 36.5 Å². The van der Waals surface area contributed by atoms with Crippen LogP contribution < -0.4 is 19.7 Å². The van der Waals surface area contributed by atoms with E-state index in [-0.39, 0.29) is 34.9 Å². The van der Waals surface area contributed by atoms with Crippen LogP contribution >= 0.6 is 0 Å². The number of alkyl halides is 2. The minimum atomic E-state index is -2.80. The molecule has 45 heavy (non-hydrogen) atoms. The number of anilines is 1. The highest BCUT2D eigenvalue weighted by atomic mass is 19.3. The second-order valence-corrected chi connectivity index (χ2v) is 13.3. The van der Waals surface area contributed by atoms with E-state index in [9.17, 15) is 18.0 Å². The maximum absolute atomic E-state index is 14.4. The Morgan fingerprint density at radius 2 is 1.87 bits per heavy atom. The van der Waals surface area contributed by atoms with E-state index in [2.05, 4.69) is 32.1 Å². The number of halogens is 3. The highest BCUT2D eigenvalue weighted by Gasteiger charge is 2.54. The summed E-state index contributed by atoms with van der Waals surface area (Å²) >= 11 is 0. The summed E-state index contributed by atoms with van der Waals surface area (Å²) in [4.78, 5) is 30.3. The molecule has 9 nitrogen and oxygen atoms in total. The zero-order valence-corrected chi connectivity index (χ0v) is 25.6. The summed E-state index contributed by atoms with van der Waals surface area (Å²) in [5, 5.41) is 3.49. The van der Waals surface area contributed by atoms with Crippen LogP contribution in [0, 0.1) is 11.2 Å². The minimum absolute atomic E-state index is 0.0319. The normalized spacial score (nSPS) is 21.8. The van der Waals surface area contributed by atoms with Crippen molar-refractivity contribution in [2.75, 3.05) is 24.5 Å². The molecule has 4 aliphatic rings. The molecule has 2 saturated carbocycles. The lowest BCUT2D eigenvalue weighted by atomic mass is 9.61. The Balaban J connectivity index is 1.03. The third kappa shape index (κ3) is 5.57. The second kappa shape index (κ2) is 11.1. The Bertz CT molecular complexity index is 1600. The van der Waals surface area contributed by atoms with Crippen LogP contribution in [0.2, 0.25) is 0 Å². The number of pyridine rings is 1. The Morgan fingerprint density at radius 1 is 1.09 bits per heavy atom. The molecule has 3 aromatic rings. The summed E-state index contributed by atoms with van der Waals surface area (Å²) < 4.78 is 54.4. The van der Waals surface area contributed by atoms with Gasteiger partial charge in [0.15, 0.2) is 11.6 Å². The molecule has 2 aliphatic carbocycles. The van der Waals surface area contributed by atoms with Crippen LogP contribution in [-0.4, -0.2) is 69.5 Å². The van der Waals surface area contributed by atoms with Crippen molar-refractivity contribution >= 4 is 11.7 Å². The highest BCUT2D eigenvalue weighted by Crippen LogP contribution is 2.52. The molecule has 2 aromatic heterocycles. The summed E-state index contributed by atoms with van der Waals surface area (Å²) in [7, 11) is 0. The van der Waals surface area contributed by atoms with Crippen molar-refractivity contribution in [2.45, 2.75) is 83.0 Å². The van der Waals surface area contributed by atoms with Gasteiger partial charge in [-0.15, -0.1) is 0 Å². The number of nitrogens with zero attached hydrogens (tertiary/aromatic N) is 5. The smallest absolute Gasteiger partial charge is 0.258 e. The second-order valence-electron chi connectivity index (χ2n) is 13.3. The van der Waals surface area contributed by atoms with E-state index in [1.165, 1.54) is 29.6 Å². The number of ether oxygens (including phenoxy) is 2. The fraction of sp³-hybridized carbons (Fsp3) is 0.515. The van der Waals surface area contributed by atoms with Gasteiger partial charge in [0.1, 0.15) is 29.7 Å². The van der Waals surface area contributed by atoms with Crippen molar-refractivity contribution in [1.29, 1.82) is 0 Å². The molecule has 1 N–H and O–H groups in total. The maximum atomic E-state index is 14.4. The first-order valence-electron chi connectivity index (χ1n) is 15.6. The number of amides is 1. The summed E-state index contributed by atoms with van der Waals surface area (Å²) in [5.41, 5.74) is 2.34. The van der Waals surface area contributed by atoms with Crippen molar-refractivity contribution in [3.63, 3.8) is 0 Å². The Labute approximate surface area is 260 Å². The predicted molar refractivity (Wildman–Crippen MR) is 160 cm³/mol. The summed E-state index contributed by atoms with van der Waals surface area (Å²) in [6.07, 6.45) is 6.83. The SMILES string of the molecule is CC1NCCc2nccc(OC3CC4(C3)CN(c3ncncc3Oc3ccc(F)cc3C(=O)N(C(C)C)C3CC(F)(F)C3)C4)c21. The molecule has 0 radical (unpaired) electrons. The van der Waals surface area contributed by atoms with Gasteiger partial charge in [0, 0.05) is 74.2 Å². The predicted octanol–water partition coefficient (Wildman–Crippen LogP) is 5.71. The van der Waals surface area contributed by atoms with E-state index >= 15 is 0 Å². The van der Waals surface area contributed by atoms with Crippen molar-refractivity contribution in [2.24, 2.45) is 5.41 Å². The lowest BCUT2D eigenvalue weighted by Crippen LogP contribution is -2.65. The molecule has 1 spiro atoms.